The van der Waals surface area contributed by atoms with Crippen molar-refractivity contribution >= 4 is 10.9 Å². The molecule has 2 aromatic heterocycles. The number of aryl methyl sites for hydroxylation is 1. The largest absolute Gasteiger partial charge is 0.343 e. The zero-order valence-electron chi connectivity index (χ0n) is 11.5. The lowest BCUT2D eigenvalue weighted by Crippen LogP contribution is -2.00. The van der Waals surface area contributed by atoms with Crippen molar-refractivity contribution in [3.05, 3.63) is 66.1 Å². The number of para-hydroxylation sites is 1. The molecule has 0 amide bonds. The van der Waals surface area contributed by atoms with E-state index in [2.05, 4.69) is 46.1 Å². The summed E-state index contributed by atoms with van der Waals surface area (Å²) in [5.74, 6) is 0. The van der Waals surface area contributed by atoms with Crippen molar-refractivity contribution in [3.63, 3.8) is 0 Å². The molecule has 0 spiro atoms. The molecule has 2 heterocycles. The lowest BCUT2D eigenvalue weighted by Gasteiger charge is -2.04. The number of hydrogen-bond acceptors (Lipinski definition) is 2. The molecule has 0 atom stereocenters. The van der Waals surface area contributed by atoms with Gasteiger partial charge in [-0.05, 0) is 42.6 Å². The Bertz CT molecular complexity index is 686. The van der Waals surface area contributed by atoms with Gasteiger partial charge in [-0.15, -0.1) is 0 Å². The van der Waals surface area contributed by atoms with E-state index in [1.165, 1.54) is 22.0 Å². The highest BCUT2D eigenvalue weighted by molar-refractivity contribution is 5.84. The first-order chi connectivity index (χ1) is 9.88. The highest BCUT2D eigenvalue weighted by atomic mass is 15.0. The van der Waals surface area contributed by atoms with Gasteiger partial charge in [0.05, 0.1) is 0 Å². The third-order valence-electron chi connectivity index (χ3n) is 3.60. The molecule has 2 N–H and O–H groups in total. The van der Waals surface area contributed by atoms with E-state index in [-0.39, 0.29) is 0 Å². The molecule has 3 aromatic rings. The van der Waals surface area contributed by atoms with E-state index in [1.807, 2.05) is 18.5 Å². The summed E-state index contributed by atoms with van der Waals surface area (Å²) >= 11 is 0. The molecule has 0 fully saturated rings. The Hall–Kier alpha value is -2.13. The molecule has 20 heavy (non-hydrogen) atoms. The molecule has 3 heteroatoms. The second kappa shape index (κ2) is 5.88. The molecule has 0 bridgehead atoms. The van der Waals surface area contributed by atoms with Gasteiger partial charge in [0.15, 0.2) is 0 Å². The van der Waals surface area contributed by atoms with Crippen LogP contribution in [0, 0.1) is 0 Å². The SMILES string of the molecule is NCCCc1cn(Cc2cccnc2)c2ccccc12. The third kappa shape index (κ3) is 2.58. The fourth-order valence-corrected chi connectivity index (χ4v) is 2.63. The number of rotatable bonds is 5. The van der Waals surface area contributed by atoms with Gasteiger partial charge >= 0.3 is 0 Å². The highest BCUT2D eigenvalue weighted by Gasteiger charge is 2.08. The van der Waals surface area contributed by atoms with Crippen molar-refractivity contribution in [2.45, 2.75) is 19.4 Å². The summed E-state index contributed by atoms with van der Waals surface area (Å²) in [7, 11) is 0. The van der Waals surface area contributed by atoms with E-state index in [9.17, 15) is 0 Å². The van der Waals surface area contributed by atoms with Crippen LogP contribution in [0.2, 0.25) is 0 Å². The molecule has 0 aliphatic carbocycles. The lowest BCUT2D eigenvalue weighted by molar-refractivity contribution is 0.804. The molecule has 3 nitrogen and oxygen atoms in total. The van der Waals surface area contributed by atoms with Crippen molar-refractivity contribution in [3.8, 4) is 0 Å². The Balaban J connectivity index is 1.98. The number of benzene rings is 1. The van der Waals surface area contributed by atoms with Crippen LogP contribution in [0.5, 0.6) is 0 Å². The van der Waals surface area contributed by atoms with Crippen molar-refractivity contribution in [1.82, 2.24) is 9.55 Å². The van der Waals surface area contributed by atoms with Crippen LogP contribution in [-0.2, 0) is 13.0 Å². The second-order valence-corrected chi connectivity index (χ2v) is 5.05. The zero-order chi connectivity index (χ0) is 13.8. The third-order valence-corrected chi connectivity index (χ3v) is 3.60. The topological polar surface area (TPSA) is 43.8 Å². The van der Waals surface area contributed by atoms with E-state index < -0.39 is 0 Å². The van der Waals surface area contributed by atoms with Crippen LogP contribution < -0.4 is 5.73 Å². The maximum atomic E-state index is 5.64. The normalized spacial score (nSPS) is 11.1. The van der Waals surface area contributed by atoms with Gasteiger partial charge in [-0.25, -0.2) is 0 Å². The average Bonchev–Trinajstić information content (AvgIpc) is 2.85. The Morgan fingerprint density at radius 2 is 2.00 bits per heavy atom. The number of nitrogens with two attached hydrogens (primary N) is 1. The molecule has 0 aliphatic rings. The fraction of sp³-hybridized carbons (Fsp3) is 0.235. The molecule has 102 valence electrons. The fourth-order valence-electron chi connectivity index (χ4n) is 2.63. The maximum absolute atomic E-state index is 5.64. The van der Waals surface area contributed by atoms with Crippen LogP contribution in [0.4, 0.5) is 0 Å². The molecule has 3 rings (SSSR count). The summed E-state index contributed by atoms with van der Waals surface area (Å²) in [6.07, 6.45) is 8.06. The van der Waals surface area contributed by atoms with Crippen LogP contribution in [0.15, 0.2) is 55.0 Å². The number of hydrogen-bond donors (Lipinski definition) is 1. The van der Waals surface area contributed by atoms with Gasteiger partial charge < -0.3 is 10.3 Å². The predicted octanol–water partition coefficient (Wildman–Crippen LogP) is 2.98. The predicted molar refractivity (Wildman–Crippen MR) is 82.7 cm³/mol. The summed E-state index contributed by atoms with van der Waals surface area (Å²) in [6.45, 7) is 1.60. The van der Waals surface area contributed by atoms with Crippen LogP contribution in [0.25, 0.3) is 10.9 Å². The van der Waals surface area contributed by atoms with Gasteiger partial charge in [0.25, 0.3) is 0 Å². The maximum Gasteiger partial charge on any atom is 0.0491 e. The van der Waals surface area contributed by atoms with E-state index in [0.717, 1.165) is 25.9 Å². The summed E-state index contributed by atoms with van der Waals surface area (Å²) in [4.78, 5) is 4.19. The van der Waals surface area contributed by atoms with Crippen molar-refractivity contribution < 1.29 is 0 Å². The smallest absolute Gasteiger partial charge is 0.0491 e. The van der Waals surface area contributed by atoms with E-state index in [4.69, 9.17) is 5.73 Å². The molecule has 0 saturated carbocycles. The first-order valence-electron chi connectivity index (χ1n) is 7.04. The number of nitrogens with zero attached hydrogens (tertiary/aromatic N) is 2. The number of aromatic nitrogens is 2. The van der Waals surface area contributed by atoms with Gasteiger partial charge in [-0.3, -0.25) is 4.98 Å². The van der Waals surface area contributed by atoms with Gasteiger partial charge in [-0.1, -0.05) is 24.3 Å². The van der Waals surface area contributed by atoms with E-state index >= 15 is 0 Å². The minimum Gasteiger partial charge on any atom is -0.343 e. The first-order valence-corrected chi connectivity index (χ1v) is 7.04. The molecule has 0 unspecified atom stereocenters. The molecule has 0 aliphatic heterocycles. The van der Waals surface area contributed by atoms with Crippen molar-refractivity contribution in [1.29, 1.82) is 0 Å². The molecular weight excluding hydrogens is 246 g/mol. The second-order valence-electron chi connectivity index (χ2n) is 5.05. The van der Waals surface area contributed by atoms with Crippen molar-refractivity contribution in [2.75, 3.05) is 6.54 Å². The standard InChI is InChI=1S/C17H19N3/c18-9-3-6-15-13-20(12-14-5-4-10-19-11-14)17-8-2-1-7-16(15)17/h1-2,4-5,7-8,10-11,13H,3,6,9,12,18H2. The van der Waals surface area contributed by atoms with Crippen molar-refractivity contribution in [2.24, 2.45) is 5.73 Å². The Labute approximate surface area is 119 Å². The molecule has 1 aromatic carbocycles. The van der Waals surface area contributed by atoms with Gasteiger partial charge in [-0.2, -0.15) is 0 Å². The number of fused-ring (bicyclic) bond motifs is 1. The van der Waals surface area contributed by atoms with Crippen LogP contribution in [0.3, 0.4) is 0 Å². The molecule has 0 radical (unpaired) electrons. The van der Waals surface area contributed by atoms with Crippen LogP contribution in [-0.4, -0.2) is 16.1 Å². The Morgan fingerprint density at radius 3 is 2.80 bits per heavy atom. The van der Waals surface area contributed by atoms with E-state index in [1.54, 1.807) is 0 Å². The quantitative estimate of drug-likeness (QED) is 0.770. The average molecular weight is 265 g/mol. The van der Waals surface area contributed by atoms with Gasteiger partial charge in [0, 0.05) is 36.0 Å². The Kier molecular flexibility index (Phi) is 3.79. The first kappa shape index (κ1) is 12.9. The number of pyridine rings is 1. The highest BCUT2D eigenvalue weighted by Crippen LogP contribution is 2.23. The summed E-state index contributed by atoms with van der Waals surface area (Å²) < 4.78 is 2.30. The molecule has 0 saturated heterocycles. The van der Waals surface area contributed by atoms with Crippen LogP contribution >= 0.6 is 0 Å². The van der Waals surface area contributed by atoms with E-state index in [0.29, 0.717) is 0 Å². The van der Waals surface area contributed by atoms with Crippen LogP contribution in [0.1, 0.15) is 17.5 Å². The summed E-state index contributed by atoms with van der Waals surface area (Å²) in [5, 5.41) is 1.34. The van der Waals surface area contributed by atoms with Gasteiger partial charge in [0.1, 0.15) is 0 Å². The monoisotopic (exact) mass is 265 g/mol. The minimum atomic E-state index is 0.738. The summed E-state index contributed by atoms with van der Waals surface area (Å²) in [5.41, 5.74) is 9.52. The minimum absolute atomic E-state index is 0.738. The lowest BCUT2D eigenvalue weighted by atomic mass is 10.1. The zero-order valence-corrected chi connectivity index (χ0v) is 11.5. The molecular formula is C17H19N3. The summed E-state index contributed by atoms with van der Waals surface area (Å²) in [6, 6.07) is 12.7. The van der Waals surface area contributed by atoms with Gasteiger partial charge in [0.2, 0.25) is 0 Å². The Morgan fingerprint density at radius 1 is 1.10 bits per heavy atom.